The zero-order valence-electron chi connectivity index (χ0n) is 9.24. The SMILES string of the molecule is BrCc1cnn(-c2cccc(Br)c2)c1C1CC1. The zero-order chi connectivity index (χ0) is 11.8. The van der Waals surface area contributed by atoms with Crippen molar-refractivity contribution in [2.24, 2.45) is 0 Å². The third kappa shape index (κ3) is 2.20. The van der Waals surface area contributed by atoms with Crippen molar-refractivity contribution >= 4 is 31.9 Å². The summed E-state index contributed by atoms with van der Waals surface area (Å²) in [5.74, 6) is 0.698. The molecule has 2 nitrogen and oxygen atoms in total. The normalized spacial score (nSPS) is 15.2. The highest BCUT2D eigenvalue weighted by molar-refractivity contribution is 9.10. The highest BCUT2D eigenvalue weighted by Gasteiger charge is 2.30. The van der Waals surface area contributed by atoms with E-state index < -0.39 is 0 Å². The van der Waals surface area contributed by atoms with Gasteiger partial charge in [0.1, 0.15) is 0 Å². The summed E-state index contributed by atoms with van der Waals surface area (Å²) in [6, 6.07) is 8.29. The third-order valence-electron chi connectivity index (χ3n) is 3.05. The number of aromatic nitrogens is 2. The summed E-state index contributed by atoms with van der Waals surface area (Å²) in [7, 11) is 0. The Morgan fingerprint density at radius 3 is 2.82 bits per heavy atom. The largest absolute Gasteiger partial charge is 0.237 e. The maximum atomic E-state index is 4.53. The van der Waals surface area contributed by atoms with Gasteiger partial charge in [-0.05, 0) is 31.0 Å². The molecule has 0 spiro atoms. The molecular formula is C13H12Br2N2. The van der Waals surface area contributed by atoms with Crippen LogP contribution in [0.3, 0.4) is 0 Å². The minimum absolute atomic E-state index is 0.698. The van der Waals surface area contributed by atoms with Gasteiger partial charge in [-0.1, -0.05) is 37.9 Å². The first-order chi connectivity index (χ1) is 8.29. The minimum atomic E-state index is 0.698. The Balaban J connectivity index is 2.11. The van der Waals surface area contributed by atoms with E-state index >= 15 is 0 Å². The lowest BCUT2D eigenvalue weighted by atomic mass is 10.2. The molecule has 0 N–H and O–H groups in total. The number of rotatable bonds is 3. The molecule has 0 saturated heterocycles. The maximum Gasteiger partial charge on any atom is 0.0660 e. The van der Waals surface area contributed by atoms with Gasteiger partial charge in [0, 0.05) is 21.3 Å². The van der Waals surface area contributed by atoms with Crippen LogP contribution in [0.25, 0.3) is 5.69 Å². The van der Waals surface area contributed by atoms with E-state index in [1.807, 2.05) is 18.3 Å². The van der Waals surface area contributed by atoms with E-state index in [0.717, 1.165) is 15.5 Å². The Bertz CT molecular complexity index is 544. The molecule has 4 heteroatoms. The minimum Gasteiger partial charge on any atom is -0.237 e. The second kappa shape index (κ2) is 4.58. The van der Waals surface area contributed by atoms with Crippen LogP contribution in [0.2, 0.25) is 0 Å². The first-order valence-electron chi connectivity index (χ1n) is 5.68. The van der Waals surface area contributed by atoms with Crippen LogP contribution in [0.5, 0.6) is 0 Å². The predicted molar refractivity (Wildman–Crippen MR) is 75.9 cm³/mol. The topological polar surface area (TPSA) is 17.8 Å². The van der Waals surface area contributed by atoms with Crippen molar-refractivity contribution in [1.82, 2.24) is 9.78 Å². The molecule has 3 rings (SSSR count). The average molecular weight is 356 g/mol. The maximum absolute atomic E-state index is 4.53. The van der Waals surface area contributed by atoms with Gasteiger partial charge < -0.3 is 0 Å². The Morgan fingerprint density at radius 1 is 1.35 bits per heavy atom. The lowest BCUT2D eigenvalue weighted by Gasteiger charge is -2.08. The fraction of sp³-hybridized carbons (Fsp3) is 0.308. The van der Waals surface area contributed by atoms with Crippen LogP contribution in [0.1, 0.15) is 30.0 Å². The predicted octanol–water partition coefficient (Wildman–Crippen LogP) is 4.41. The van der Waals surface area contributed by atoms with Gasteiger partial charge in [0.15, 0.2) is 0 Å². The number of nitrogens with zero attached hydrogens (tertiary/aromatic N) is 2. The Kier molecular flexibility index (Phi) is 3.09. The smallest absolute Gasteiger partial charge is 0.0660 e. The molecule has 0 radical (unpaired) electrons. The molecule has 0 aliphatic heterocycles. The van der Waals surface area contributed by atoms with Gasteiger partial charge in [-0.2, -0.15) is 5.10 Å². The summed E-state index contributed by atoms with van der Waals surface area (Å²) in [5.41, 5.74) is 3.82. The van der Waals surface area contributed by atoms with Crippen molar-refractivity contribution < 1.29 is 0 Å². The van der Waals surface area contributed by atoms with E-state index in [4.69, 9.17) is 0 Å². The van der Waals surface area contributed by atoms with Gasteiger partial charge in [-0.3, -0.25) is 0 Å². The molecule has 0 amide bonds. The molecule has 2 aromatic rings. The molecule has 88 valence electrons. The van der Waals surface area contributed by atoms with E-state index in [1.165, 1.54) is 24.1 Å². The van der Waals surface area contributed by atoms with Crippen LogP contribution in [0.15, 0.2) is 34.9 Å². The number of hydrogen-bond acceptors (Lipinski definition) is 1. The fourth-order valence-corrected chi connectivity index (χ4v) is 2.92. The molecular weight excluding hydrogens is 344 g/mol. The van der Waals surface area contributed by atoms with Gasteiger partial charge in [-0.15, -0.1) is 0 Å². The highest BCUT2D eigenvalue weighted by atomic mass is 79.9. The van der Waals surface area contributed by atoms with Gasteiger partial charge >= 0.3 is 0 Å². The van der Waals surface area contributed by atoms with E-state index in [1.54, 1.807) is 0 Å². The third-order valence-corrected chi connectivity index (χ3v) is 4.14. The average Bonchev–Trinajstić information content (AvgIpc) is 3.08. The first-order valence-corrected chi connectivity index (χ1v) is 7.59. The lowest BCUT2D eigenvalue weighted by molar-refractivity contribution is 0.805. The Hall–Kier alpha value is -0.610. The number of halogens is 2. The second-order valence-electron chi connectivity index (χ2n) is 4.35. The van der Waals surface area contributed by atoms with E-state index in [-0.39, 0.29) is 0 Å². The van der Waals surface area contributed by atoms with E-state index in [0.29, 0.717) is 5.92 Å². The molecule has 1 saturated carbocycles. The van der Waals surface area contributed by atoms with E-state index in [2.05, 4.69) is 53.8 Å². The molecule has 1 fully saturated rings. The summed E-state index contributed by atoms with van der Waals surface area (Å²) in [6.45, 7) is 0. The molecule has 17 heavy (non-hydrogen) atoms. The van der Waals surface area contributed by atoms with E-state index in [9.17, 15) is 0 Å². The van der Waals surface area contributed by atoms with Crippen LogP contribution in [-0.2, 0) is 5.33 Å². The van der Waals surface area contributed by atoms with Crippen molar-refractivity contribution in [1.29, 1.82) is 0 Å². The molecule has 1 aliphatic rings. The van der Waals surface area contributed by atoms with Crippen molar-refractivity contribution in [3.05, 3.63) is 46.2 Å². The lowest BCUT2D eigenvalue weighted by Crippen LogP contribution is -2.02. The van der Waals surface area contributed by atoms with Gasteiger partial charge in [0.2, 0.25) is 0 Å². The quantitative estimate of drug-likeness (QED) is 0.746. The molecule has 0 unspecified atom stereocenters. The molecule has 0 atom stereocenters. The number of alkyl halides is 1. The first kappa shape index (κ1) is 11.5. The van der Waals surface area contributed by atoms with Crippen molar-refractivity contribution in [2.75, 3.05) is 0 Å². The Labute approximate surface area is 117 Å². The number of hydrogen-bond donors (Lipinski definition) is 0. The molecule has 1 aromatic carbocycles. The van der Waals surface area contributed by atoms with Crippen molar-refractivity contribution in [3.8, 4) is 5.69 Å². The van der Waals surface area contributed by atoms with Crippen LogP contribution < -0.4 is 0 Å². The molecule has 1 heterocycles. The van der Waals surface area contributed by atoms with Crippen LogP contribution in [0.4, 0.5) is 0 Å². The summed E-state index contributed by atoms with van der Waals surface area (Å²) >= 11 is 7.05. The fourth-order valence-electron chi connectivity index (χ4n) is 2.10. The van der Waals surface area contributed by atoms with Gasteiger partial charge in [0.05, 0.1) is 17.6 Å². The van der Waals surface area contributed by atoms with Gasteiger partial charge in [0.25, 0.3) is 0 Å². The second-order valence-corrected chi connectivity index (χ2v) is 5.83. The van der Waals surface area contributed by atoms with Crippen LogP contribution >= 0.6 is 31.9 Å². The Morgan fingerprint density at radius 2 is 2.18 bits per heavy atom. The molecule has 1 aromatic heterocycles. The monoisotopic (exact) mass is 354 g/mol. The molecule has 0 bridgehead atoms. The van der Waals surface area contributed by atoms with Crippen LogP contribution in [-0.4, -0.2) is 9.78 Å². The summed E-state index contributed by atoms with van der Waals surface area (Å²) in [5, 5.41) is 5.41. The molecule has 1 aliphatic carbocycles. The zero-order valence-corrected chi connectivity index (χ0v) is 12.4. The van der Waals surface area contributed by atoms with Gasteiger partial charge in [-0.25, -0.2) is 4.68 Å². The van der Waals surface area contributed by atoms with Crippen molar-refractivity contribution in [3.63, 3.8) is 0 Å². The number of benzene rings is 1. The van der Waals surface area contributed by atoms with Crippen molar-refractivity contribution in [2.45, 2.75) is 24.1 Å². The standard InChI is InChI=1S/C13H12Br2N2/c14-7-10-8-16-17(13(10)9-4-5-9)12-3-1-2-11(15)6-12/h1-3,6,8-9H,4-5,7H2. The summed E-state index contributed by atoms with van der Waals surface area (Å²) in [4.78, 5) is 0. The highest BCUT2D eigenvalue weighted by Crippen LogP contribution is 2.43. The summed E-state index contributed by atoms with van der Waals surface area (Å²) in [6.07, 6.45) is 4.56. The summed E-state index contributed by atoms with van der Waals surface area (Å²) < 4.78 is 3.17. The van der Waals surface area contributed by atoms with Crippen LogP contribution in [0, 0.1) is 0 Å².